The van der Waals surface area contributed by atoms with Gasteiger partial charge < -0.3 is 9.67 Å². The average molecular weight is 372 g/mol. The number of hydrogen-bond acceptors (Lipinski definition) is 3. The van der Waals surface area contributed by atoms with Gasteiger partial charge in [0.25, 0.3) is 0 Å². The molecule has 0 aliphatic heterocycles. The lowest BCUT2D eigenvalue weighted by molar-refractivity contribution is -0.137. The zero-order valence-electron chi connectivity index (χ0n) is 15.3. The third-order valence-corrected chi connectivity index (χ3v) is 4.91. The summed E-state index contributed by atoms with van der Waals surface area (Å²) in [5.41, 5.74) is 2.28. The number of carboxylic acids is 1. The summed E-state index contributed by atoms with van der Waals surface area (Å²) in [6.07, 6.45) is 1.35. The number of fused-ring (bicyclic) bond motifs is 2. The monoisotopic (exact) mass is 372 g/mol. The van der Waals surface area contributed by atoms with E-state index in [9.17, 15) is 9.59 Å². The summed E-state index contributed by atoms with van der Waals surface area (Å²) in [4.78, 5) is 28.8. The van der Waals surface area contributed by atoms with E-state index in [2.05, 4.69) is 4.98 Å². The molecule has 4 aromatic rings. The Kier molecular flexibility index (Phi) is 4.89. The number of rotatable bonds is 7. The number of para-hydroxylation sites is 2. The maximum absolute atomic E-state index is 13.4. The van der Waals surface area contributed by atoms with Crippen LogP contribution in [-0.2, 0) is 11.3 Å². The minimum Gasteiger partial charge on any atom is -0.481 e. The largest absolute Gasteiger partial charge is 0.481 e. The molecule has 0 saturated heterocycles. The van der Waals surface area contributed by atoms with Crippen molar-refractivity contribution in [3.63, 3.8) is 0 Å². The highest BCUT2D eigenvalue weighted by atomic mass is 16.4. The van der Waals surface area contributed by atoms with Crippen molar-refractivity contribution in [2.75, 3.05) is 0 Å². The van der Waals surface area contributed by atoms with Crippen molar-refractivity contribution in [2.24, 2.45) is 0 Å². The standard InChI is InChI=1S/C23H20N2O3/c26-21(27)14-5-6-15-25-20-13-4-3-12-19(20)24-23(25)22(28)18-11-7-9-16-8-1-2-10-17(16)18/h1-4,7-13H,5-6,14-15H2,(H,26,27). The van der Waals surface area contributed by atoms with Crippen molar-refractivity contribution in [1.29, 1.82) is 0 Å². The van der Waals surface area contributed by atoms with Crippen LogP contribution in [0, 0.1) is 0 Å². The topological polar surface area (TPSA) is 72.2 Å². The third-order valence-electron chi connectivity index (χ3n) is 4.91. The molecule has 0 aliphatic rings. The van der Waals surface area contributed by atoms with Gasteiger partial charge in [-0.2, -0.15) is 0 Å². The first-order chi connectivity index (χ1) is 13.6. The molecule has 5 nitrogen and oxygen atoms in total. The van der Waals surface area contributed by atoms with Crippen LogP contribution in [0.2, 0.25) is 0 Å². The first-order valence-electron chi connectivity index (χ1n) is 9.34. The van der Waals surface area contributed by atoms with Crippen molar-refractivity contribution < 1.29 is 14.7 Å². The van der Waals surface area contributed by atoms with Gasteiger partial charge >= 0.3 is 5.97 Å². The molecule has 140 valence electrons. The maximum atomic E-state index is 13.4. The minimum absolute atomic E-state index is 0.119. The number of benzene rings is 3. The molecule has 0 atom stereocenters. The van der Waals surface area contributed by atoms with Crippen LogP contribution in [0.1, 0.15) is 35.4 Å². The van der Waals surface area contributed by atoms with Gasteiger partial charge in [-0.15, -0.1) is 0 Å². The molecular formula is C23H20N2O3. The van der Waals surface area contributed by atoms with Crippen molar-refractivity contribution in [2.45, 2.75) is 25.8 Å². The van der Waals surface area contributed by atoms with Crippen molar-refractivity contribution in [3.05, 3.63) is 78.1 Å². The molecule has 4 rings (SSSR count). The number of carboxylic acid groups (broad SMARTS) is 1. The number of ketones is 1. The highest BCUT2D eigenvalue weighted by Gasteiger charge is 2.20. The Hall–Kier alpha value is -3.47. The second-order valence-electron chi connectivity index (χ2n) is 6.78. The summed E-state index contributed by atoms with van der Waals surface area (Å²) in [6, 6.07) is 21.2. The highest BCUT2D eigenvalue weighted by Crippen LogP contribution is 2.24. The quantitative estimate of drug-likeness (QED) is 0.378. The molecule has 3 aromatic carbocycles. The Bertz CT molecular complexity index is 1170. The fraction of sp³-hybridized carbons (Fsp3) is 0.174. The zero-order chi connectivity index (χ0) is 19.5. The maximum Gasteiger partial charge on any atom is 0.303 e. The van der Waals surface area contributed by atoms with Crippen molar-refractivity contribution in [3.8, 4) is 0 Å². The SMILES string of the molecule is O=C(O)CCCCn1c(C(=O)c2cccc3ccccc23)nc2ccccc21. The molecule has 0 spiro atoms. The molecule has 0 bridgehead atoms. The number of aryl methyl sites for hydroxylation is 1. The Labute approximate surface area is 162 Å². The van der Waals surface area contributed by atoms with Crippen LogP contribution in [0.5, 0.6) is 0 Å². The van der Waals surface area contributed by atoms with Crippen LogP contribution in [0.15, 0.2) is 66.7 Å². The molecular weight excluding hydrogens is 352 g/mol. The lowest BCUT2D eigenvalue weighted by Crippen LogP contribution is -2.12. The molecule has 0 unspecified atom stereocenters. The molecule has 1 aromatic heterocycles. The normalized spacial score (nSPS) is 11.1. The van der Waals surface area contributed by atoms with E-state index < -0.39 is 5.97 Å². The lowest BCUT2D eigenvalue weighted by atomic mass is 10.0. The first-order valence-corrected chi connectivity index (χ1v) is 9.34. The molecule has 0 radical (unpaired) electrons. The number of hydrogen-bond donors (Lipinski definition) is 1. The Balaban J connectivity index is 1.75. The van der Waals surface area contributed by atoms with Crippen LogP contribution < -0.4 is 0 Å². The summed E-state index contributed by atoms with van der Waals surface area (Å²) in [7, 11) is 0. The summed E-state index contributed by atoms with van der Waals surface area (Å²) >= 11 is 0. The summed E-state index contributed by atoms with van der Waals surface area (Å²) in [6.45, 7) is 0.555. The van der Waals surface area contributed by atoms with Gasteiger partial charge in [-0.05, 0) is 35.7 Å². The molecule has 28 heavy (non-hydrogen) atoms. The summed E-state index contributed by atoms with van der Waals surface area (Å²) in [5, 5.41) is 10.8. The van der Waals surface area contributed by atoms with Gasteiger partial charge in [0, 0.05) is 18.5 Å². The summed E-state index contributed by atoms with van der Waals surface area (Å²) in [5.74, 6) is -0.526. The Morgan fingerprint density at radius 2 is 1.64 bits per heavy atom. The predicted molar refractivity (Wildman–Crippen MR) is 109 cm³/mol. The van der Waals surface area contributed by atoms with Gasteiger partial charge in [-0.3, -0.25) is 9.59 Å². The molecule has 0 saturated carbocycles. The smallest absolute Gasteiger partial charge is 0.303 e. The van der Waals surface area contributed by atoms with Crippen molar-refractivity contribution in [1.82, 2.24) is 9.55 Å². The van der Waals surface area contributed by atoms with Gasteiger partial charge in [0.1, 0.15) is 0 Å². The van der Waals surface area contributed by atoms with Crippen LogP contribution in [-0.4, -0.2) is 26.4 Å². The molecule has 0 aliphatic carbocycles. The number of carbonyl (C=O) groups excluding carboxylic acids is 1. The van der Waals surface area contributed by atoms with E-state index in [1.807, 2.05) is 71.3 Å². The first kappa shape index (κ1) is 17.9. The lowest BCUT2D eigenvalue weighted by Gasteiger charge is -2.10. The number of imidazole rings is 1. The number of unbranched alkanes of at least 4 members (excludes halogenated alkanes) is 1. The zero-order valence-corrected chi connectivity index (χ0v) is 15.3. The second kappa shape index (κ2) is 7.64. The van der Waals surface area contributed by atoms with E-state index >= 15 is 0 Å². The van der Waals surface area contributed by atoms with Gasteiger partial charge in [0.05, 0.1) is 11.0 Å². The van der Waals surface area contributed by atoms with Crippen molar-refractivity contribution >= 4 is 33.6 Å². The number of aliphatic carboxylic acids is 1. The number of aromatic nitrogens is 2. The van der Waals surface area contributed by atoms with Gasteiger partial charge in [0.2, 0.25) is 5.78 Å². The summed E-state index contributed by atoms with van der Waals surface area (Å²) < 4.78 is 1.92. The van der Waals surface area contributed by atoms with E-state index in [1.165, 1.54) is 0 Å². The number of nitrogens with zero attached hydrogens (tertiary/aromatic N) is 2. The molecule has 1 N–H and O–H groups in total. The average Bonchev–Trinajstić information content (AvgIpc) is 3.09. The van der Waals surface area contributed by atoms with Crippen LogP contribution >= 0.6 is 0 Å². The predicted octanol–water partition coefficient (Wildman–Crippen LogP) is 4.68. The van der Waals surface area contributed by atoms with E-state index in [1.54, 1.807) is 0 Å². The Morgan fingerprint density at radius 3 is 2.50 bits per heavy atom. The molecule has 0 fully saturated rings. The fourth-order valence-electron chi connectivity index (χ4n) is 3.57. The van der Waals surface area contributed by atoms with E-state index in [0.717, 1.165) is 21.8 Å². The molecule has 5 heteroatoms. The van der Waals surface area contributed by atoms with E-state index in [4.69, 9.17) is 5.11 Å². The highest BCUT2D eigenvalue weighted by molar-refractivity contribution is 6.15. The minimum atomic E-state index is -0.803. The van der Waals surface area contributed by atoms with Gasteiger partial charge in [-0.25, -0.2) is 4.98 Å². The fourth-order valence-corrected chi connectivity index (χ4v) is 3.57. The van der Waals surface area contributed by atoms with Crippen LogP contribution in [0.25, 0.3) is 21.8 Å². The second-order valence-corrected chi connectivity index (χ2v) is 6.78. The van der Waals surface area contributed by atoms with Crippen LogP contribution in [0.4, 0.5) is 0 Å². The molecule has 0 amide bonds. The molecule has 1 heterocycles. The third kappa shape index (κ3) is 3.39. The van der Waals surface area contributed by atoms with E-state index in [-0.39, 0.29) is 12.2 Å². The van der Waals surface area contributed by atoms with Gasteiger partial charge in [0.15, 0.2) is 5.82 Å². The van der Waals surface area contributed by atoms with Gasteiger partial charge in [-0.1, -0.05) is 54.6 Å². The number of carbonyl (C=O) groups is 2. The van der Waals surface area contributed by atoms with Crippen LogP contribution in [0.3, 0.4) is 0 Å². The Morgan fingerprint density at radius 1 is 0.893 bits per heavy atom. The van der Waals surface area contributed by atoms with E-state index in [0.29, 0.717) is 30.8 Å².